The molecule has 0 bridgehead atoms. The molecule has 9 heteroatoms. The fourth-order valence-electron chi connectivity index (χ4n) is 2.24. The molecule has 0 saturated heterocycles. The lowest BCUT2D eigenvalue weighted by Gasteiger charge is -2.28. The summed E-state index contributed by atoms with van der Waals surface area (Å²) in [5, 5.41) is 3.57. The van der Waals surface area contributed by atoms with Crippen LogP contribution < -0.4 is 9.62 Å². The molecular formula is C16H15Cl3N2O3S. The van der Waals surface area contributed by atoms with Crippen molar-refractivity contribution in [2.45, 2.75) is 13.0 Å². The maximum atomic E-state index is 12.5. The minimum Gasteiger partial charge on any atom is -0.324 e. The van der Waals surface area contributed by atoms with Crippen molar-refractivity contribution in [2.24, 2.45) is 0 Å². The number of nitrogens with one attached hydrogen (secondary N) is 1. The molecule has 0 fully saturated rings. The molecule has 1 atom stereocenters. The topological polar surface area (TPSA) is 66.5 Å². The van der Waals surface area contributed by atoms with Gasteiger partial charge in [-0.3, -0.25) is 9.10 Å². The van der Waals surface area contributed by atoms with Crippen LogP contribution in [-0.2, 0) is 14.8 Å². The Bertz CT molecular complexity index is 903. The average molecular weight is 422 g/mol. The molecule has 2 rings (SSSR count). The normalized spacial score (nSPS) is 12.5. The lowest BCUT2D eigenvalue weighted by molar-refractivity contribution is -0.116. The van der Waals surface area contributed by atoms with Gasteiger partial charge in [-0.25, -0.2) is 8.42 Å². The van der Waals surface area contributed by atoms with Crippen LogP contribution >= 0.6 is 34.8 Å². The van der Waals surface area contributed by atoms with Crippen LogP contribution in [0.4, 0.5) is 11.4 Å². The van der Waals surface area contributed by atoms with Gasteiger partial charge in [-0.2, -0.15) is 0 Å². The molecule has 2 aromatic carbocycles. The number of hydrogen-bond acceptors (Lipinski definition) is 3. The zero-order valence-electron chi connectivity index (χ0n) is 13.3. The molecule has 0 saturated carbocycles. The van der Waals surface area contributed by atoms with Gasteiger partial charge in [0.15, 0.2) is 0 Å². The van der Waals surface area contributed by atoms with E-state index in [2.05, 4.69) is 5.32 Å². The zero-order valence-corrected chi connectivity index (χ0v) is 16.4. The smallest absolute Gasteiger partial charge is 0.247 e. The van der Waals surface area contributed by atoms with Crippen LogP contribution in [0.15, 0.2) is 42.5 Å². The molecule has 0 aliphatic carbocycles. The van der Waals surface area contributed by atoms with E-state index in [1.165, 1.54) is 25.1 Å². The Morgan fingerprint density at radius 1 is 1.08 bits per heavy atom. The van der Waals surface area contributed by atoms with Crippen LogP contribution in [-0.4, -0.2) is 26.6 Å². The molecule has 1 N–H and O–H groups in total. The van der Waals surface area contributed by atoms with Crippen molar-refractivity contribution in [1.82, 2.24) is 0 Å². The number of carbonyl (C=O) groups excluding carboxylic acids is 1. The highest BCUT2D eigenvalue weighted by molar-refractivity contribution is 7.92. The van der Waals surface area contributed by atoms with Crippen LogP contribution in [0.2, 0.25) is 15.1 Å². The number of benzene rings is 2. The van der Waals surface area contributed by atoms with Gasteiger partial charge in [-0.05, 0) is 43.3 Å². The Balaban J connectivity index is 2.34. The van der Waals surface area contributed by atoms with Crippen LogP contribution in [0.3, 0.4) is 0 Å². The summed E-state index contributed by atoms with van der Waals surface area (Å²) in [7, 11) is -3.75. The van der Waals surface area contributed by atoms with E-state index >= 15 is 0 Å². The highest BCUT2D eigenvalue weighted by Crippen LogP contribution is 2.30. The molecule has 25 heavy (non-hydrogen) atoms. The minimum atomic E-state index is -3.75. The largest absolute Gasteiger partial charge is 0.324 e. The summed E-state index contributed by atoms with van der Waals surface area (Å²) in [5.41, 5.74) is 0.706. The monoisotopic (exact) mass is 420 g/mol. The summed E-state index contributed by atoms with van der Waals surface area (Å²) in [4.78, 5) is 12.5. The zero-order chi connectivity index (χ0) is 18.8. The number of carbonyl (C=O) groups is 1. The van der Waals surface area contributed by atoms with Crippen LogP contribution in [0.1, 0.15) is 6.92 Å². The van der Waals surface area contributed by atoms with Crippen molar-refractivity contribution in [1.29, 1.82) is 0 Å². The lowest BCUT2D eigenvalue weighted by Crippen LogP contribution is -2.45. The standard InChI is InChI=1S/C16H15Cl3N2O3S/c1-10(16(22)20-12-5-3-4-11(17)8-12)21(25(2,23)24)13-6-7-14(18)15(19)9-13/h3-10H,1-2H3,(H,20,22)/t10-/m1/s1. The van der Waals surface area contributed by atoms with Crippen LogP contribution in [0.5, 0.6) is 0 Å². The third-order valence-corrected chi connectivity index (χ3v) is 5.55. The Kier molecular flexibility index (Phi) is 6.21. The quantitative estimate of drug-likeness (QED) is 0.776. The summed E-state index contributed by atoms with van der Waals surface area (Å²) in [5.74, 6) is -0.515. The van der Waals surface area contributed by atoms with E-state index in [0.717, 1.165) is 10.6 Å². The second-order valence-electron chi connectivity index (χ2n) is 5.33. The number of hydrogen-bond donors (Lipinski definition) is 1. The van der Waals surface area contributed by atoms with Gasteiger partial charge in [0.2, 0.25) is 15.9 Å². The first kappa shape index (κ1) is 19.8. The minimum absolute atomic E-state index is 0.190. The highest BCUT2D eigenvalue weighted by atomic mass is 35.5. The van der Waals surface area contributed by atoms with Gasteiger partial charge in [0.25, 0.3) is 0 Å². The van der Waals surface area contributed by atoms with Gasteiger partial charge >= 0.3 is 0 Å². The predicted octanol–water partition coefficient (Wildman–Crippen LogP) is 4.44. The van der Waals surface area contributed by atoms with Crippen molar-refractivity contribution >= 4 is 62.1 Å². The number of sulfonamides is 1. The van der Waals surface area contributed by atoms with E-state index in [-0.39, 0.29) is 15.7 Å². The number of anilines is 2. The molecule has 0 aliphatic rings. The maximum Gasteiger partial charge on any atom is 0.247 e. The number of halogens is 3. The predicted molar refractivity (Wildman–Crippen MR) is 103 cm³/mol. The van der Waals surface area contributed by atoms with Crippen LogP contribution in [0.25, 0.3) is 0 Å². The molecule has 134 valence electrons. The molecule has 0 unspecified atom stereocenters. The van der Waals surface area contributed by atoms with Crippen molar-refractivity contribution in [3.8, 4) is 0 Å². The van der Waals surface area contributed by atoms with Crippen molar-refractivity contribution in [3.05, 3.63) is 57.5 Å². The van der Waals surface area contributed by atoms with E-state index in [4.69, 9.17) is 34.8 Å². The first-order chi connectivity index (χ1) is 11.6. The summed E-state index contributed by atoms with van der Waals surface area (Å²) in [6, 6.07) is 9.89. The third kappa shape index (κ3) is 5.01. The van der Waals surface area contributed by atoms with Gasteiger partial charge < -0.3 is 5.32 Å². The van der Waals surface area contributed by atoms with E-state index in [9.17, 15) is 13.2 Å². The van der Waals surface area contributed by atoms with E-state index < -0.39 is 22.0 Å². The Labute approximate surface area is 161 Å². The molecule has 1 amide bonds. The van der Waals surface area contributed by atoms with E-state index in [0.29, 0.717) is 10.7 Å². The third-order valence-electron chi connectivity index (χ3n) is 3.34. The van der Waals surface area contributed by atoms with Crippen molar-refractivity contribution < 1.29 is 13.2 Å². The first-order valence-corrected chi connectivity index (χ1v) is 10.1. The van der Waals surface area contributed by atoms with Crippen molar-refractivity contribution in [3.63, 3.8) is 0 Å². The molecule has 0 heterocycles. The lowest BCUT2D eigenvalue weighted by atomic mass is 10.2. The summed E-state index contributed by atoms with van der Waals surface area (Å²) in [6.45, 7) is 1.48. The fraction of sp³-hybridized carbons (Fsp3) is 0.188. The molecule has 0 aromatic heterocycles. The Hall–Kier alpha value is -1.47. The van der Waals surface area contributed by atoms with Gasteiger partial charge in [0.05, 0.1) is 22.0 Å². The van der Waals surface area contributed by atoms with E-state index in [1.807, 2.05) is 0 Å². The summed E-state index contributed by atoms with van der Waals surface area (Å²) < 4.78 is 25.4. The maximum absolute atomic E-state index is 12.5. The van der Waals surface area contributed by atoms with Crippen LogP contribution in [0, 0.1) is 0 Å². The van der Waals surface area contributed by atoms with Gasteiger partial charge in [0.1, 0.15) is 6.04 Å². The SMILES string of the molecule is C[C@H](C(=O)Nc1cccc(Cl)c1)N(c1ccc(Cl)c(Cl)c1)S(C)(=O)=O. The van der Waals surface area contributed by atoms with Gasteiger partial charge in [-0.15, -0.1) is 0 Å². The highest BCUT2D eigenvalue weighted by Gasteiger charge is 2.29. The molecule has 5 nitrogen and oxygen atoms in total. The second kappa shape index (κ2) is 7.83. The molecular weight excluding hydrogens is 407 g/mol. The number of rotatable bonds is 5. The molecule has 2 aromatic rings. The average Bonchev–Trinajstić information content (AvgIpc) is 2.49. The fourth-order valence-corrected chi connectivity index (χ4v) is 3.89. The van der Waals surface area contributed by atoms with E-state index in [1.54, 1.807) is 24.3 Å². The second-order valence-corrected chi connectivity index (χ2v) is 8.44. The molecule has 0 radical (unpaired) electrons. The Morgan fingerprint density at radius 3 is 2.32 bits per heavy atom. The number of amides is 1. The molecule has 0 aliphatic heterocycles. The van der Waals surface area contributed by atoms with Gasteiger partial charge in [0, 0.05) is 10.7 Å². The Morgan fingerprint density at radius 2 is 1.76 bits per heavy atom. The van der Waals surface area contributed by atoms with Gasteiger partial charge in [-0.1, -0.05) is 40.9 Å². The first-order valence-electron chi connectivity index (χ1n) is 7.10. The number of nitrogens with zero attached hydrogens (tertiary/aromatic N) is 1. The molecule has 0 spiro atoms. The summed E-state index contributed by atoms with van der Waals surface area (Å²) >= 11 is 17.7. The summed E-state index contributed by atoms with van der Waals surface area (Å²) in [6.07, 6.45) is 1.01. The van der Waals surface area contributed by atoms with Crippen molar-refractivity contribution in [2.75, 3.05) is 15.9 Å².